The molecule has 0 fully saturated rings. The van der Waals surface area contributed by atoms with Crippen molar-refractivity contribution in [2.45, 2.75) is 19.3 Å². The summed E-state index contributed by atoms with van der Waals surface area (Å²) in [5.41, 5.74) is 0. The summed E-state index contributed by atoms with van der Waals surface area (Å²) in [6.45, 7) is 1.31. The van der Waals surface area contributed by atoms with Gasteiger partial charge in [-0.25, -0.2) is 0 Å². The SMILES string of the molecule is CCC(O)(O)[N+](=O)[O-].[NaH]. The van der Waals surface area contributed by atoms with Crippen molar-refractivity contribution >= 4 is 29.6 Å². The summed E-state index contributed by atoms with van der Waals surface area (Å²) in [6.07, 6.45) is -0.306. The molecule has 0 aliphatic heterocycles. The second-order valence-corrected chi connectivity index (χ2v) is 1.39. The van der Waals surface area contributed by atoms with Crippen LogP contribution in [0.1, 0.15) is 13.3 Å². The molecule has 0 saturated heterocycles. The van der Waals surface area contributed by atoms with Crippen molar-refractivity contribution in [1.82, 2.24) is 0 Å². The van der Waals surface area contributed by atoms with Crippen molar-refractivity contribution in [1.29, 1.82) is 0 Å². The molecular weight excluding hydrogens is 137 g/mol. The van der Waals surface area contributed by atoms with E-state index in [1.165, 1.54) is 6.92 Å². The third-order valence-electron chi connectivity index (χ3n) is 0.767. The Hall–Kier alpha value is 0.320. The van der Waals surface area contributed by atoms with Crippen LogP contribution in [0.25, 0.3) is 0 Å². The number of nitrogens with zero attached hydrogens (tertiary/aromatic N) is 1. The van der Waals surface area contributed by atoms with Gasteiger partial charge in [0.15, 0.2) is 0 Å². The molecule has 0 aromatic rings. The van der Waals surface area contributed by atoms with Crippen molar-refractivity contribution in [3.05, 3.63) is 10.1 Å². The maximum atomic E-state index is 9.56. The fraction of sp³-hybridized carbons (Fsp3) is 1.00. The standard InChI is InChI=1S/C3H7NO4.Na.H/c1-2-3(5,6)4(7)8;;/h5-6H,2H2,1H3;;. The van der Waals surface area contributed by atoms with E-state index < -0.39 is 10.8 Å². The van der Waals surface area contributed by atoms with Crippen LogP contribution in [0.4, 0.5) is 0 Å². The molecule has 0 aliphatic rings. The van der Waals surface area contributed by atoms with E-state index >= 15 is 0 Å². The van der Waals surface area contributed by atoms with Crippen LogP contribution in [0.3, 0.4) is 0 Å². The van der Waals surface area contributed by atoms with Crippen LogP contribution in [0, 0.1) is 10.1 Å². The fourth-order valence-electron chi connectivity index (χ4n) is 0.129. The topological polar surface area (TPSA) is 83.6 Å². The summed E-state index contributed by atoms with van der Waals surface area (Å²) in [7, 11) is 0. The van der Waals surface area contributed by atoms with Gasteiger partial charge in [-0.2, -0.15) is 0 Å². The first kappa shape index (κ1) is 12.0. The van der Waals surface area contributed by atoms with Gasteiger partial charge in [0.2, 0.25) is 0 Å². The first-order valence-electron chi connectivity index (χ1n) is 2.10. The zero-order valence-electron chi connectivity index (χ0n) is 4.37. The third-order valence-corrected chi connectivity index (χ3v) is 0.767. The minimum atomic E-state index is -2.74. The molecule has 5 nitrogen and oxygen atoms in total. The van der Waals surface area contributed by atoms with Crippen molar-refractivity contribution in [2.75, 3.05) is 0 Å². The average Bonchev–Trinajstić information content (AvgIpc) is 1.67. The quantitative estimate of drug-likeness (QED) is 0.218. The molecule has 0 heterocycles. The third kappa shape index (κ3) is 3.83. The van der Waals surface area contributed by atoms with E-state index in [1.54, 1.807) is 0 Å². The Morgan fingerprint density at radius 1 is 1.67 bits per heavy atom. The predicted molar refractivity (Wildman–Crippen MR) is 31.6 cm³/mol. The molecule has 0 unspecified atom stereocenters. The number of hydrogen-bond donors (Lipinski definition) is 2. The van der Waals surface area contributed by atoms with Gasteiger partial charge >= 0.3 is 35.5 Å². The molecule has 0 atom stereocenters. The molecule has 2 N–H and O–H groups in total. The fourth-order valence-corrected chi connectivity index (χ4v) is 0.129. The Balaban J connectivity index is 0. The van der Waals surface area contributed by atoms with E-state index in [2.05, 4.69) is 0 Å². The molecule has 0 amide bonds. The Kier molecular flexibility index (Phi) is 5.60. The van der Waals surface area contributed by atoms with Crippen LogP contribution in [0.2, 0.25) is 0 Å². The molecule has 0 aliphatic carbocycles. The van der Waals surface area contributed by atoms with E-state index in [0.29, 0.717) is 0 Å². The number of nitro groups is 1. The molecule has 0 bridgehead atoms. The molecule has 0 radical (unpaired) electrons. The molecule has 9 heavy (non-hydrogen) atoms. The van der Waals surface area contributed by atoms with Gasteiger partial charge in [-0.05, 0) is 0 Å². The first-order valence-corrected chi connectivity index (χ1v) is 2.10. The van der Waals surface area contributed by atoms with Crippen molar-refractivity contribution in [2.24, 2.45) is 0 Å². The zero-order valence-corrected chi connectivity index (χ0v) is 4.37. The summed E-state index contributed by atoms with van der Waals surface area (Å²) in [5, 5.41) is 26.1. The Bertz CT molecular complexity index is 104. The van der Waals surface area contributed by atoms with E-state index in [4.69, 9.17) is 10.2 Å². The van der Waals surface area contributed by atoms with Crippen LogP contribution >= 0.6 is 0 Å². The van der Waals surface area contributed by atoms with Gasteiger partial charge in [0.1, 0.15) is 0 Å². The van der Waals surface area contributed by atoms with Gasteiger partial charge in [0, 0.05) is 0 Å². The van der Waals surface area contributed by atoms with E-state index in [9.17, 15) is 10.1 Å². The summed E-state index contributed by atoms with van der Waals surface area (Å²) in [5.74, 6) is -2.74. The van der Waals surface area contributed by atoms with Crippen LogP contribution in [0.5, 0.6) is 0 Å². The molecule has 6 heteroatoms. The Morgan fingerprint density at radius 3 is 2.00 bits per heavy atom. The van der Waals surface area contributed by atoms with Gasteiger partial charge < -0.3 is 10.2 Å². The van der Waals surface area contributed by atoms with Crippen LogP contribution in [0.15, 0.2) is 0 Å². The molecule has 0 rings (SSSR count). The normalized spacial score (nSPS) is 10.1. The summed E-state index contributed by atoms with van der Waals surface area (Å²) in [4.78, 5) is 8.41. The summed E-state index contributed by atoms with van der Waals surface area (Å²) < 4.78 is 0. The summed E-state index contributed by atoms with van der Waals surface area (Å²) in [6, 6.07) is 0. The molecule has 0 aromatic heterocycles. The molecular formula is C3H8NNaO4. The van der Waals surface area contributed by atoms with E-state index in [-0.39, 0.29) is 36.0 Å². The second-order valence-electron chi connectivity index (χ2n) is 1.39. The Morgan fingerprint density at radius 2 is 2.00 bits per heavy atom. The van der Waals surface area contributed by atoms with Crippen molar-refractivity contribution < 1.29 is 15.1 Å². The molecule has 0 spiro atoms. The minimum absolute atomic E-state index is 0. The van der Waals surface area contributed by atoms with Gasteiger partial charge in [-0.1, -0.05) is 6.92 Å². The van der Waals surface area contributed by atoms with E-state index in [1.807, 2.05) is 0 Å². The Labute approximate surface area is 74.1 Å². The maximum absolute atomic E-state index is 9.56. The van der Waals surface area contributed by atoms with Gasteiger partial charge in [-0.3, -0.25) is 10.1 Å². The molecule has 50 valence electrons. The van der Waals surface area contributed by atoms with Crippen LogP contribution in [-0.4, -0.2) is 50.6 Å². The van der Waals surface area contributed by atoms with Crippen molar-refractivity contribution in [3.8, 4) is 0 Å². The first-order chi connectivity index (χ1) is 3.50. The predicted octanol–water partition coefficient (Wildman–Crippen LogP) is -1.34. The van der Waals surface area contributed by atoms with Gasteiger partial charge in [-0.15, -0.1) is 0 Å². The number of aliphatic hydroxyl groups is 2. The molecule has 0 saturated carbocycles. The monoisotopic (exact) mass is 145 g/mol. The van der Waals surface area contributed by atoms with Crippen molar-refractivity contribution in [3.63, 3.8) is 0 Å². The second kappa shape index (κ2) is 4.19. The van der Waals surface area contributed by atoms with E-state index in [0.717, 1.165) is 0 Å². The molecule has 0 aromatic carbocycles. The van der Waals surface area contributed by atoms with Crippen LogP contribution < -0.4 is 0 Å². The van der Waals surface area contributed by atoms with Crippen LogP contribution in [-0.2, 0) is 0 Å². The van der Waals surface area contributed by atoms with Gasteiger partial charge in [0.05, 0.1) is 11.3 Å². The zero-order chi connectivity index (χ0) is 6.78. The number of rotatable bonds is 2. The number of hydrogen-bond acceptors (Lipinski definition) is 4. The average molecular weight is 145 g/mol. The summed E-state index contributed by atoms with van der Waals surface area (Å²) >= 11 is 0. The van der Waals surface area contributed by atoms with Gasteiger partial charge in [0.25, 0.3) is 0 Å².